The number of aryl methyl sites for hydroxylation is 1. The molecule has 2 aromatic rings. The molecule has 0 aliphatic heterocycles. The van der Waals surface area contributed by atoms with E-state index < -0.39 is 11.5 Å². The summed E-state index contributed by atoms with van der Waals surface area (Å²) in [4.78, 5) is 4.34. The van der Waals surface area contributed by atoms with Crippen molar-refractivity contribution in [3.05, 3.63) is 71.0 Å². The molecule has 0 radical (unpaired) electrons. The molecule has 2 aliphatic rings. The highest BCUT2D eigenvalue weighted by Gasteiger charge is 2.40. The summed E-state index contributed by atoms with van der Waals surface area (Å²) in [6.07, 6.45) is 8.68. The molecule has 2 aliphatic carbocycles. The lowest BCUT2D eigenvalue weighted by Gasteiger charge is -2.30. The van der Waals surface area contributed by atoms with Crippen LogP contribution in [0.15, 0.2) is 58.6 Å². The van der Waals surface area contributed by atoms with E-state index in [0.29, 0.717) is 23.8 Å². The van der Waals surface area contributed by atoms with E-state index in [0.717, 1.165) is 17.5 Å². The van der Waals surface area contributed by atoms with Gasteiger partial charge in [0.15, 0.2) is 0 Å². The number of aromatic nitrogens is 1. The molecule has 0 bridgehead atoms. The van der Waals surface area contributed by atoms with Crippen LogP contribution in [0, 0.1) is 0 Å². The van der Waals surface area contributed by atoms with Crippen molar-refractivity contribution < 1.29 is 19.7 Å². The Hall–Kier alpha value is -2.79. The summed E-state index contributed by atoms with van der Waals surface area (Å²) in [6.45, 7) is 1.79. The predicted molar refractivity (Wildman–Crippen MR) is 94.1 cm³/mol. The second-order valence-electron chi connectivity index (χ2n) is 6.71. The van der Waals surface area contributed by atoms with Crippen LogP contribution < -0.4 is 0 Å². The molecule has 128 valence electrons. The van der Waals surface area contributed by atoms with Gasteiger partial charge < -0.3 is 19.7 Å². The van der Waals surface area contributed by atoms with Gasteiger partial charge in [-0.15, -0.1) is 0 Å². The number of nitrogens with zero attached hydrogens (tertiary/aromatic N) is 1. The fourth-order valence-corrected chi connectivity index (χ4v) is 3.31. The van der Waals surface area contributed by atoms with Crippen molar-refractivity contribution >= 4 is 6.08 Å². The predicted octanol–water partition coefficient (Wildman–Crippen LogP) is 3.82. The Morgan fingerprint density at radius 3 is 2.92 bits per heavy atom. The first-order chi connectivity index (χ1) is 12.0. The molecule has 1 aromatic carbocycles. The Balaban J connectivity index is 1.70. The van der Waals surface area contributed by atoms with Crippen LogP contribution >= 0.6 is 0 Å². The number of oxazole rings is 1. The maximum Gasteiger partial charge on any atom is 0.226 e. The Bertz CT molecular complexity index is 922. The molecular formula is C20H19NO4. The molecule has 0 amide bonds. The van der Waals surface area contributed by atoms with E-state index in [4.69, 9.17) is 4.42 Å². The summed E-state index contributed by atoms with van der Waals surface area (Å²) >= 11 is 0. The first-order valence-electron chi connectivity index (χ1n) is 8.23. The summed E-state index contributed by atoms with van der Waals surface area (Å²) in [5, 5.41) is 29.9. The molecule has 25 heavy (non-hydrogen) atoms. The van der Waals surface area contributed by atoms with Gasteiger partial charge in [0, 0.05) is 12.0 Å². The van der Waals surface area contributed by atoms with Crippen molar-refractivity contribution in [2.45, 2.75) is 31.3 Å². The normalized spacial score (nSPS) is 25.3. The quantitative estimate of drug-likeness (QED) is 0.775. The average Bonchev–Trinajstić information content (AvgIpc) is 3.10. The minimum Gasteiger partial charge on any atom is -0.512 e. The van der Waals surface area contributed by atoms with Gasteiger partial charge in [0.1, 0.15) is 17.6 Å². The number of aliphatic hydroxyl groups excluding tert-OH is 3. The smallest absolute Gasteiger partial charge is 0.226 e. The van der Waals surface area contributed by atoms with Crippen molar-refractivity contribution in [3.8, 4) is 11.5 Å². The van der Waals surface area contributed by atoms with E-state index in [-0.39, 0.29) is 5.76 Å². The number of aliphatic hydroxyl groups is 3. The number of hydrogen-bond acceptors (Lipinski definition) is 5. The molecule has 1 aromatic heterocycles. The van der Waals surface area contributed by atoms with E-state index in [9.17, 15) is 15.3 Å². The maximum absolute atomic E-state index is 10.3. The second kappa shape index (κ2) is 5.63. The van der Waals surface area contributed by atoms with Crippen molar-refractivity contribution in [1.82, 2.24) is 4.98 Å². The van der Waals surface area contributed by atoms with Gasteiger partial charge in [-0.1, -0.05) is 18.2 Å². The second-order valence-corrected chi connectivity index (χ2v) is 6.71. The first kappa shape index (κ1) is 15.7. The van der Waals surface area contributed by atoms with Gasteiger partial charge in [0.2, 0.25) is 5.89 Å². The number of allylic oxidation sites excluding steroid dienone is 3. The van der Waals surface area contributed by atoms with Crippen molar-refractivity contribution in [3.63, 3.8) is 0 Å². The molecule has 0 spiro atoms. The SMILES string of the molecule is CC1(c2cnc(-c3ccc4c(c3)C=C(O)CC4)o2)C=CC=C(O)C1O. The largest absolute Gasteiger partial charge is 0.512 e. The lowest BCUT2D eigenvalue weighted by atomic mass is 9.78. The molecule has 2 unspecified atom stereocenters. The fourth-order valence-electron chi connectivity index (χ4n) is 3.31. The fraction of sp³-hybridized carbons (Fsp3) is 0.250. The van der Waals surface area contributed by atoms with Crippen molar-refractivity contribution in [2.75, 3.05) is 0 Å². The minimum absolute atomic E-state index is 0.0997. The first-order valence-corrected chi connectivity index (χ1v) is 8.23. The molecule has 2 atom stereocenters. The zero-order valence-corrected chi connectivity index (χ0v) is 13.8. The third-order valence-electron chi connectivity index (χ3n) is 4.96. The van der Waals surface area contributed by atoms with Gasteiger partial charge in [-0.3, -0.25) is 0 Å². The summed E-state index contributed by atoms with van der Waals surface area (Å²) in [5.41, 5.74) is 2.07. The molecule has 0 saturated carbocycles. The van der Waals surface area contributed by atoms with Gasteiger partial charge in [-0.2, -0.15) is 0 Å². The summed E-state index contributed by atoms with van der Waals surface area (Å²) in [5.74, 6) is 1.19. The van der Waals surface area contributed by atoms with Crippen LogP contribution in [0.3, 0.4) is 0 Å². The van der Waals surface area contributed by atoms with Crippen LogP contribution in [-0.2, 0) is 11.8 Å². The maximum atomic E-state index is 10.3. The Labute approximate surface area is 145 Å². The highest BCUT2D eigenvalue weighted by Crippen LogP contribution is 2.37. The van der Waals surface area contributed by atoms with E-state index in [1.54, 1.807) is 31.3 Å². The molecule has 4 rings (SSSR count). The Kier molecular flexibility index (Phi) is 3.54. The summed E-state index contributed by atoms with van der Waals surface area (Å²) < 4.78 is 5.90. The summed E-state index contributed by atoms with van der Waals surface area (Å²) in [6, 6.07) is 5.90. The van der Waals surface area contributed by atoms with Crippen LogP contribution in [0.1, 0.15) is 30.2 Å². The zero-order valence-electron chi connectivity index (χ0n) is 13.8. The molecule has 3 N–H and O–H groups in total. The van der Waals surface area contributed by atoms with Gasteiger partial charge in [0.25, 0.3) is 0 Å². The Morgan fingerprint density at radius 2 is 2.08 bits per heavy atom. The zero-order chi connectivity index (χ0) is 17.6. The number of benzene rings is 1. The topological polar surface area (TPSA) is 86.7 Å². The molecule has 1 heterocycles. The van der Waals surface area contributed by atoms with Gasteiger partial charge in [-0.05, 0) is 48.8 Å². The van der Waals surface area contributed by atoms with Crippen LogP contribution in [0.2, 0.25) is 0 Å². The van der Waals surface area contributed by atoms with Crippen molar-refractivity contribution in [2.24, 2.45) is 0 Å². The van der Waals surface area contributed by atoms with Crippen LogP contribution in [-0.4, -0.2) is 26.4 Å². The van der Waals surface area contributed by atoms with Gasteiger partial charge >= 0.3 is 0 Å². The minimum atomic E-state index is -1.08. The van der Waals surface area contributed by atoms with Crippen LogP contribution in [0.4, 0.5) is 0 Å². The molecule has 0 saturated heterocycles. The number of rotatable bonds is 2. The molecular weight excluding hydrogens is 318 g/mol. The lowest BCUT2D eigenvalue weighted by molar-refractivity contribution is 0.0901. The molecule has 5 nitrogen and oxygen atoms in total. The Morgan fingerprint density at radius 1 is 1.24 bits per heavy atom. The third kappa shape index (κ3) is 2.57. The van der Waals surface area contributed by atoms with Gasteiger partial charge in [0.05, 0.1) is 17.4 Å². The van der Waals surface area contributed by atoms with Crippen LogP contribution in [0.25, 0.3) is 17.5 Å². The number of fused-ring (bicyclic) bond motifs is 1. The lowest BCUT2D eigenvalue weighted by Crippen LogP contribution is -2.37. The van der Waals surface area contributed by atoms with E-state index in [1.807, 2.05) is 18.2 Å². The number of hydrogen-bond donors (Lipinski definition) is 3. The van der Waals surface area contributed by atoms with E-state index in [2.05, 4.69) is 4.98 Å². The van der Waals surface area contributed by atoms with Crippen molar-refractivity contribution in [1.29, 1.82) is 0 Å². The highest BCUT2D eigenvalue weighted by molar-refractivity contribution is 5.66. The van der Waals surface area contributed by atoms with Crippen LogP contribution in [0.5, 0.6) is 0 Å². The molecule has 5 heteroatoms. The molecule has 0 fully saturated rings. The summed E-state index contributed by atoms with van der Waals surface area (Å²) in [7, 11) is 0. The van der Waals surface area contributed by atoms with E-state index in [1.165, 1.54) is 11.6 Å². The average molecular weight is 337 g/mol. The monoisotopic (exact) mass is 337 g/mol. The third-order valence-corrected chi connectivity index (χ3v) is 4.96. The highest BCUT2D eigenvalue weighted by atomic mass is 16.4. The van der Waals surface area contributed by atoms with Gasteiger partial charge in [-0.25, -0.2) is 4.98 Å². The van der Waals surface area contributed by atoms with E-state index >= 15 is 0 Å². The standard InChI is InChI=1S/C20H19NO4/c1-20(8-2-3-16(23)18(20)24)17-11-21-19(25-17)13-5-4-12-6-7-15(22)10-14(12)9-13/h2-5,8-11,18,22-24H,6-7H2,1H3.